The first kappa shape index (κ1) is 22.2. The van der Waals surface area contributed by atoms with Crippen LogP contribution < -0.4 is 10.6 Å². The number of anilines is 2. The standard InChI is InChI=1S/C23H25N9OS2/c1-34-17-10-24-22(25-11-17)27-15-3-4-16(9-15)28-23-29-18-5-2-14(8-19(18)35-23)21(33)31-6-7-32-13-26-30-20(32)12-31/h2,5,8,10-11,13,15-16H,3-4,6-7,9,12H2,1H3,(H,28,29)(H,24,25,27)/t15-,16-/m0/s1. The molecule has 2 aliphatic rings. The van der Waals surface area contributed by atoms with Gasteiger partial charge in [0.05, 0.1) is 16.8 Å². The number of carbonyl (C=O) groups is 1. The Kier molecular flexibility index (Phi) is 5.98. The summed E-state index contributed by atoms with van der Waals surface area (Å²) in [4.78, 5) is 29.5. The lowest BCUT2D eigenvalue weighted by molar-refractivity contribution is 0.0707. The van der Waals surface area contributed by atoms with E-state index in [4.69, 9.17) is 4.98 Å². The Morgan fingerprint density at radius 1 is 1.14 bits per heavy atom. The lowest BCUT2D eigenvalue weighted by Gasteiger charge is -2.27. The molecule has 10 nitrogen and oxygen atoms in total. The van der Waals surface area contributed by atoms with Crippen molar-refractivity contribution >= 4 is 50.3 Å². The second kappa shape index (κ2) is 9.42. The Bertz CT molecular complexity index is 1350. The Morgan fingerprint density at radius 3 is 2.80 bits per heavy atom. The number of hydrogen-bond acceptors (Lipinski definition) is 10. The zero-order valence-electron chi connectivity index (χ0n) is 19.2. The molecular formula is C23H25N9OS2. The second-order valence-corrected chi connectivity index (χ2v) is 10.7. The van der Waals surface area contributed by atoms with Crippen LogP contribution in [0.25, 0.3) is 10.2 Å². The average Bonchev–Trinajstić information content (AvgIpc) is 3.62. The van der Waals surface area contributed by atoms with Gasteiger partial charge in [-0.3, -0.25) is 4.79 Å². The van der Waals surface area contributed by atoms with Crippen molar-refractivity contribution in [3.05, 3.63) is 48.3 Å². The third-order valence-electron chi connectivity index (χ3n) is 6.52. The van der Waals surface area contributed by atoms with Crippen molar-refractivity contribution < 1.29 is 4.79 Å². The summed E-state index contributed by atoms with van der Waals surface area (Å²) < 4.78 is 3.00. The molecule has 180 valence electrons. The summed E-state index contributed by atoms with van der Waals surface area (Å²) in [7, 11) is 0. The number of amides is 1. The lowest BCUT2D eigenvalue weighted by Crippen LogP contribution is -2.38. The van der Waals surface area contributed by atoms with E-state index in [2.05, 4.69) is 30.8 Å². The summed E-state index contributed by atoms with van der Waals surface area (Å²) in [5.41, 5.74) is 1.58. The largest absolute Gasteiger partial charge is 0.359 e. The number of aromatic nitrogens is 6. The maximum Gasteiger partial charge on any atom is 0.254 e. The van der Waals surface area contributed by atoms with E-state index in [1.54, 1.807) is 29.4 Å². The van der Waals surface area contributed by atoms with Crippen LogP contribution in [0, 0.1) is 0 Å². The van der Waals surface area contributed by atoms with Crippen molar-refractivity contribution in [3.8, 4) is 0 Å². The van der Waals surface area contributed by atoms with Gasteiger partial charge in [-0.2, -0.15) is 0 Å². The first-order chi connectivity index (χ1) is 17.1. The highest BCUT2D eigenvalue weighted by Gasteiger charge is 2.26. The van der Waals surface area contributed by atoms with Gasteiger partial charge in [-0.1, -0.05) is 11.3 Å². The topological polar surface area (TPSA) is 114 Å². The lowest BCUT2D eigenvalue weighted by atomic mass is 10.1. The second-order valence-electron chi connectivity index (χ2n) is 8.81. The molecule has 2 atom stereocenters. The summed E-state index contributed by atoms with van der Waals surface area (Å²) in [6.45, 7) is 1.86. The fraction of sp³-hybridized carbons (Fsp3) is 0.391. The van der Waals surface area contributed by atoms with Gasteiger partial charge in [-0.05, 0) is 43.7 Å². The fourth-order valence-electron chi connectivity index (χ4n) is 4.64. The molecule has 1 amide bonds. The van der Waals surface area contributed by atoms with Crippen LogP contribution in [-0.2, 0) is 13.1 Å². The van der Waals surface area contributed by atoms with E-state index in [0.29, 0.717) is 36.7 Å². The third-order valence-corrected chi connectivity index (χ3v) is 8.15. The number of fused-ring (bicyclic) bond motifs is 2. The smallest absolute Gasteiger partial charge is 0.254 e. The van der Waals surface area contributed by atoms with E-state index in [1.807, 2.05) is 46.3 Å². The molecule has 0 unspecified atom stereocenters. The van der Waals surface area contributed by atoms with Crippen molar-refractivity contribution in [2.24, 2.45) is 0 Å². The van der Waals surface area contributed by atoms with E-state index in [1.165, 1.54) is 0 Å². The van der Waals surface area contributed by atoms with Gasteiger partial charge < -0.3 is 20.1 Å². The van der Waals surface area contributed by atoms with Crippen molar-refractivity contribution in [2.75, 3.05) is 23.4 Å². The van der Waals surface area contributed by atoms with Gasteiger partial charge in [0.15, 0.2) is 11.0 Å². The quantitative estimate of drug-likeness (QED) is 0.379. The molecule has 4 heterocycles. The monoisotopic (exact) mass is 507 g/mol. The molecule has 0 spiro atoms. The minimum Gasteiger partial charge on any atom is -0.359 e. The van der Waals surface area contributed by atoms with Crippen LogP contribution in [0.15, 0.2) is 41.8 Å². The zero-order chi connectivity index (χ0) is 23.8. The molecule has 1 aromatic carbocycles. The van der Waals surface area contributed by atoms with Crippen molar-refractivity contribution in [1.82, 2.24) is 34.6 Å². The van der Waals surface area contributed by atoms with Crippen LogP contribution in [-0.4, -0.2) is 65.4 Å². The van der Waals surface area contributed by atoms with Crippen LogP contribution in [0.3, 0.4) is 0 Å². The molecule has 0 saturated heterocycles. The Morgan fingerprint density at radius 2 is 1.97 bits per heavy atom. The van der Waals surface area contributed by atoms with Crippen molar-refractivity contribution in [3.63, 3.8) is 0 Å². The van der Waals surface area contributed by atoms with E-state index in [0.717, 1.165) is 51.9 Å². The highest BCUT2D eigenvalue weighted by atomic mass is 32.2. The average molecular weight is 508 g/mol. The molecule has 1 saturated carbocycles. The predicted molar refractivity (Wildman–Crippen MR) is 137 cm³/mol. The van der Waals surface area contributed by atoms with Gasteiger partial charge >= 0.3 is 0 Å². The summed E-state index contributed by atoms with van der Waals surface area (Å²) >= 11 is 3.23. The minimum absolute atomic E-state index is 0.0153. The molecule has 1 aliphatic heterocycles. The van der Waals surface area contributed by atoms with Crippen LogP contribution in [0.4, 0.5) is 11.1 Å². The van der Waals surface area contributed by atoms with Gasteiger partial charge in [0.25, 0.3) is 5.91 Å². The molecule has 1 aliphatic carbocycles. The molecule has 1 fully saturated rings. The molecule has 6 rings (SSSR count). The number of benzene rings is 1. The van der Waals surface area contributed by atoms with Crippen LogP contribution in [0.1, 0.15) is 35.4 Å². The van der Waals surface area contributed by atoms with E-state index < -0.39 is 0 Å². The highest BCUT2D eigenvalue weighted by molar-refractivity contribution is 7.98. The summed E-state index contributed by atoms with van der Waals surface area (Å²) in [6.07, 6.45) is 10.5. The first-order valence-corrected chi connectivity index (χ1v) is 13.6. The van der Waals surface area contributed by atoms with Crippen molar-refractivity contribution in [2.45, 2.75) is 49.3 Å². The minimum atomic E-state index is 0.0153. The number of nitrogens with zero attached hydrogens (tertiary/aromatic N) is 7. The highest BCUT2D eigenvalue weighted by Crippen LogP contribution is 2.31. The number of hydrogen-bond donors (Lipinski definition) is 2. The molecule has 3 aromatic heterocycles. The van der Waals surface area contributed by atoms with Crippen LogP contribution in [0.5, 0.6) is 0 Å². The number of thiazole rings is 1. The van der Waals surface area contributed by atoms with Gasteiger partial charge in [0.1, 0.15) is 6.33 Å². The number of thioether (sulfide) groups is 1. The molecule has 12 heteroatoms. The van der Waals surface area contributed by atoms with Gasteiger partial charge in [-0.25, -0.2) is 15.0 Å². The van der Waals surface area contributed by atoms with Gasteiger partial charge in [0.2, 0.25) is 5.95 Å². The zero-order valence-corrected chi connectivity index (χ0v) is 20.8. The van der Waals surface area contributed by atoms with Crippen molar-refractivity contribution in [1.29, 1.82) is 0 Å². The number of nitrogens with one attached hydrogen (secondary N) is 2. The van der Waals surface area contributed by atoms with Gasteiger partial charge in [0, 0.05) is 48.0 Å². The molecular weight excluding hydrogens is 482 g/mol. The number of carbonyl (C=O) groups excluding carboxylic acids is 1. The first-order valence-electron chi connectivity index (χ1n) is 11.6. The summed E-state index contributed by atoms with van der Waals surface area (Å²) in [6, 6.07) is 6.43. The SMILES string of the molecule is CSc1cnc(N[C@H]2CC[C@H](Nc3nc4ccc(C(=O)N5CCn6cnnc6C5)cc4s3)C2)nc1. The molecule has 0 bridgehead atoms. The maximum absolute atomic E-state index is 13.1. The maximum atomic E-state index is 13.1. The van der Waals surface area contributed by atoms with E-state index >= 15 is 0 Å². The summed E-state index contributed by atoms with van der Waals surface area (Å²) in [5.74, 6) is 1.52. The third kappa shape index (κ3) is 4.67. The van der Waals surface area contributed by atoms with Crippen LogP contribution >= 0.6 is 23.1 Å². The Labute approximate surface area is 210 Å². The normalized spacial score (nSPS) is 19.6. The molecule has 35 heavy (non-hydrogen) atoms. The Balaban J connectivity index is 1.09. The molecule has 4 aromatic rings. The number of rotatable bonds is 6. The van der Waals surface area contributed by atoms with E-state index in [-0.39, 0.29) is 5.91 Å². The van der Waals surface area contributed by atoms with E-state index in [9.17, 15) is 4.79 Å². The van der Waals surface area contributed by atoms with Crippen LogP contribution in [0.2, 0.25) is 0 Å². The fourth-order valence-corrected chi connectivity index (χ4v) is 5.94. The predicted octanol–water partition coefficient (Wildman–Crippen LogP) is 3.50. The molecule has 0 radical (unpaired) electrons. The molecule has 2 N–H and O–H groups in total. The van der Waals surface area contributed by atoms with Gasteiger partial charge in [-0.15, -0.1) is 22.0 Å². The summed E-state index contributed by atoms with van der Waals surface area (Å²) in [5, 5.41) is 16.0. The Hall–Kier alpha value is -3.25.